The first-order chi connectivity index (χ1) is 21.7. The van der Waals surface area contributed by atoms with E-state index < -0.39 is 54.8 Å². The van der Waals surface area contributed by atoms with Crippen molar-refractivity contribution in [2.45, 2.75) is 40.2 Å². The van der Waals surface area contributed by atoms with Gasteiger partial charge in [0, 0.05) is 21.4 Å². The summed E-state index contributed by atoms with van der Waals surface area (Å²) in [6.07, 6.45) is 0.0652. The molecule has 1 heterocycles. The summed E-state index contributed by atoms with van der Waals surface area (Å²) in [4.78, 5) is 78.2. The molecule has 11 nitrogen and oxygen atoms in total. The van der Waals surface area contributed by atoms with Crippen molar-refractivity contribution in [2.24, 2.45) is 5.92 Å². The average molecular weight is 669 g/mol. The number of nitrogens with one attached hydrogen (secondary N) is 2. The number of halogens is 2. The molecule has 0 bridgehead atoms. The van der Waals surface area contributed by atoms with Crippen LogP contribution in [0, 0.1) is 19.8 Å². The highest BCUT2D eigenvalue weighted by atomic mass is 35.5. The van der Waals surface area contributed by atoms with E-state index in [2.05, 4.69) is 10.6 Å². The van der Waals surface area contributed by atoms with Gasteiger partial charge >= 0.3 is 11.9 Å². The number of carbonyl (C=O) groups excluding carboxylic acids is 6. The molecule has 0 radical (unpaired) electrons. The molecular weight excluding hydrogens is 637 g/mol. The number of aryl methyl sites for hydroxylation is 2. The van der Waals surface area contributed by atoms with Crippen molar-refractivity contribution in [1.29, 1.82) is 0 Å². The van der Waals surface area contributed by atoms with E-state index in [-0.39, 0.29) is 29.0 Å². The summed E-state index contributed by atoms with van der Waals surface area (Å²) in [5, 5.41) is 6.05. The van der Waals surface area contributed by atoms with Crippen molar-refractivity contribution in [2.75, 3.05) is 23.8 Å². The topological polar surface area (TPSA) is 148 Å². The van der Waals surface area contributed by atoms with E-state index >= 15 is 0 Å². The van der Waals surface area contributed by atoms with Gasteiger partial charge in [0.25, 0.3) is 23.6 Å². The minimum Gasteiger partial charge on any atom is -0.454 e. The standard InChI is InChI=1S/C33H31Cl2N3O8/c1-17(2)11-27(33(44)46-16-29(40)37-22-9-6-19(4)26(35)14-22)38-30(41)23-10-7-20(12-24(23)31(38)42)32(43)45-15-28(39)36-21-8-5-18(3)25(34)13-21/h5-10,12-14,17,27H,11,15-16H2,1-4H3,(H,36,39)(H,37,40). The number of fused-ring (bicyclic) bond motifs is 1. The van der Waals surface area contributed by atoms with Crippen LogP contribution in [-0.4, -0.2) is 59.7 Å². The van der Waals surface area contributed by atoms with Crippen LogP contribution in [0.4, 0.5) is 11.4 Å². The molecule has 0 saturated heterocycles. The number of anilines is 2. The second-order valence-corrected chi connectivity index (χ2v) is 11.9. The highest BCUT2D eigenvalue weighted by Crippen LogP contribution is 2.29. The summed E-state index contributed by atoms with van der Waals surface area (Å²) in [5.74, 6) is -4.81. The summed E-state index contributed by atoms with van der Waals surface area (Å²) in [7, 11) is 0. The first-order valence-electron chi connectivity index (χ1n) is 14.2. The highest BCUT2D eigenvalue weighted by molar-refractivity contribution is 6.32. The number of esters is 2. The molecule has 0 aromatic heterocycles. The Balaban J connectivity index is 1.41. The number of rotatable bonds is 11. The van der Waals surface area contributed by atoms with Crippen LogP contribution in [0.15, 0.2) is 54.6 Å². The lowest BCUT2D eigenvalue weighted by atomic mass is 10.0. The van der Waals surface area contributed by atoms with Gasteiger partial charge in [0.15, 0.2) is 13.2 Å². The van der Waals surface area contributed by atoms with E-state index in [4.69, 9.17) is 32.7 Å². The summed E-state index contributed by atoms with van der Waals surface area (Å²) in [5.41, 5.74) is 2.25. The van der Waals surface area contributed by atoms with Crippen LogP contribution in [0.2, 0.25) is 10.0 Å². The zero-order chi connectivity index (χ0) is 33.7. The van der Waals surface area contributed by atoms with Crippen molar-refractivity contribution < 1.29 is 38.2 Å². The molecule has 1 aliphatic rings. The minimum absolute atomic E-state index is 0.0221. The quantitative estimate of drug-likeness (QED) is 0.198. The van der Waals surface area contributed by atoms with Crippen LogP contribution in [0.5, 0.6) is 0 Å². The van der Waals surface area contributed by atoms with Gasteiger partial charge in [-0.3, -0.25) is 24.1 Å². The van der Waals surface area contributed by atoms with Gasteiger partial charge in [-0.1, -0.05) is 49.2 Å². The summed E-state index contributed by atoms with van der Waals surface area (Å²) in [6.45, 7) is 5.93. The molecule has 0 saturated carbocycles. The zero-order valence-corrected chi connectivity index (χ0v) is 27.0. The van der Waals surface area contributed by atoms with E-state index in [1.807, 2.05) is 13.8 Å². The second-order valence-electron chi connectivity index (χ2n) is 11.1. The Morgan fingerprint density at radius 1 is 0.739 bits per heavy atom. The largest absolute Gasteiger partial charge is 0.454 e. The predicted molar refractivity (Wildman–Crippen MR) is 171 cm³/mol. The molecule has 1 atom stereocenters. The molecular formula is C33H31Cl2N3O8. The lowest BCUT2D eigenvalue weighted by Crippen LogP contribution is -2.46. The Kier molecular flexibility index (Phi) is 10.8. The summed E-state index contributed by atoms with van der Waals surface area (Å²) in [6, 6.07) is 12.2. The smallest absolute Gasteiger partial charge is 0.338 e. The van der Waals surface area contributed by atoms with Crippen molar-refractivity contribution in [3.63, 3.8) is 0 Å². The molecule has 1 aliphatic heterocycles. The zero-order valence-electron chi connectivity index (χ0n) is 25.4. The van der Waals surface area contributed by atoms with Crippen molar-refractivity contribution >= 4 is 70.1 Å². The summed E-state index contributed by atoms with van der Waals surface area (Å²) < 4.78 is 10.3. The third-order valence-corrected chi connectivity index (χ3v) is 7.84. The monoisotopic (exact) mass is 667 g/mol. The van der Waals surface area contributed by atoms with Crippen LogP contribution in [0.3, 0.4) is 0 Å². The molecule has 3 aromatic rings. The molecule has 0 spiro atoms. The average Bonchev–Trinajstić information content (AvgIpc) is 3.25. The van der Waals surface area contributed by atoms with Gasteiger partial charge in [-0.2, -0.15) is 0 Å². The lowest BCUT2D eigenvalue weighted by Gasteiger charge is -2.25. The van der Waals surface area contributed by atoms with Gasteiger partial charge < -0.3 is 20.1 Å². The minimum atomic E-state index is -1.33. The van der Waals surface area contributed by atoms with Gasteiger partial charge in [-0.15, -0.1) is 0 Å². The predicted octanol–water partition coefficient (Wildman–Crippen LogP) is 5.60. The van der Waals surface area contributed by atoms with Crippen LogP contribution >= 0.6 is 23.2 Å². The molecule has 0 fully saturated rings. The Morgan fingerprint density at radius 3 is 1.78 bits per heavy atom. The normalized spacial score (nSPS) is 12.9. The maximum absolute atomic E-state index is 13.4. The SMILES string of the molecule is Cc1ccc(NC(=O)COC(=O)c2ccc3c(c2)C(=O)N(C(CC(C)C)C(=O)OCC(=O)Nc2ccc(C)c(Cl)c2)C3=O)cc1Cl. The molecule has 1 unspecified atom stereocenters. The fraction of sp³-hybridized carbons (Fsp3) is 0.273. The fourth-order valence-corrected chi connectivity index (χ4v) is 4.97. The molecule has 2 N–H and O–H groups in total. The van der Waals surface area contributed by atoms with E-state index in [0.29, 0.717) is 21.4 Å². The second kappa shape index (κ2) is 14.6. The van der Waals surface area contributed by atoms with E-state index in [1.54, 1.807) is 50.2 Å². The van der Waals surface area contributed by atoms with Crippen LogP contribution in [0.25, 0.3) is 0 Å². The number of benzene rings is 3. The number of imide groups is 1. The number of ether oxygens (including phenoxy) is 2. The summed E-state index contributed by atoms with van der Waals surface area (Å²) >= 11 is 12.2. The molecule has 46 heavy (non-hydrogen) atoms. The number of hydrogen-bond acceptors (Lipinski definition) is 8. The Morgan fingerprint density at radius 2 is 1.26 bits per heavy atom. The molecule has 240 valence electrons. The van der Waals surface area contributed by atoms with Gasteiger partial charge in [0.05, 0.1) is 16.7 Å². The first-order valence-corrected chi connectivity index (χ1v) is 15.0. The number of hydrogen-bond donors (Lipinski definition) is 2. The molecule has 0 aliphatic carbocycles. The van der Waals surface area contributed by atoms with Crippen molar-refractivity contribution in [1.82, 2.24) is 4.90 Å². The van der Waals surface area contributed by atoms with Gasteiger partial charge in [0.1, 0.15) is 6.04 Å². The van der Waals surface area contributed by atoms with Crippen LogP contribution < -0.4 is 10.6 Å². The van der Waals surface area contributed by atoms with Gasteiger partial charge in [0.2, 0.25) is 0 Å². The fourth-order valence-electron chi connectivity index (χ4n) is 4.61. The van der Waals surface area contributed by atoms with E-state index in [1.165, 1.54) is 18.2 Å². The van der Waals surface area contributed by atoms with E-state index in [9.17, 15) is 28.8 Å². The first kappa shape index (κ1) is 34.1. The maximum atomic E-state index is 13.4. The third-order valence-electron chi connectivity index (χ3n) is 7.02. The van der Waals surface area contributed by atoms with Crippen LogP contribution in [0.1, 0.15) is 62.5 Å². The van der Waals surface area contributed by atoms with E-state index in [0.717, 1.165) is 16.0 Å². The number of carbonyl (C=O) groups is 6. The lowest BCUT2D eigenvalue weighted by molar-refractivity contribution is -0.151. The number of amides is 4. The van der Waals surface area contributed by atoms with Gasteiger partial charge in [-0.05, 0) is 79.8 Å². The Labute approximate surface area is 275 Å². The molecule has 3 aromatic carbocycles. The molecule has 13 heteroatoms. The Hall–Kier alpha value is -4.74. The third kappa shape index (κ3) is 8.09. The number of nitrogens with zero attached hydrogens (tertiary/aromatic N) is 1. The Bertz CT molecular complexity index is 1740. The molecule has 4 amide bonds. The maximum Gasteiger partial charge on any atom is 0.338 e. The van der Waals surface area contributed by atoms with Gasteiger partial charge in [-0.25, -0.2) is 9.59 Å². The highest BCUT2D eigenvalue weighted by Gasteiger charge is 2.44. The van der Waals surface area contributed by atoms with Crippen molar-refractivity contribution in [3.05, 3.63) is 92.5 Å². The van der Waals surface area contributed by atoms with Crippen molar-refractivity contribution in [3.8, 4) is 0 Å². The molecule has 4 rings (SSSR count). The van der Waals surface area contributed by atoms with Crippen LogP contribution in [-0.2, 0) is 23.9 Å².